The Bertz CT molecular complexity index is 953. The van der Waals surface area contributed by atoms with Crippen LogP contribution in [0.25, 0.3) is 16.6 Å². The van der Waals surface area contributed by atoms with Gasteiger partial charge >= 0.3 is 0 Å². The summed E-state index contributed by atoms with van der Waals surface area (Å²) in [6.45, 7) is 0.385. The minimum absolute atomic E-state index is 0.110. The number of pyridine rings is 1. The van der Waals surface area contributed by atoms with Crippen LogP contribution in [-0.4, -0.2) is 20.4 Å². The van der Waals surface area contributed by atoms with Gasteiger partial charge in [-0.2, -0.15) is 0 Å². The highest BCUT2D eigenvalue weighted by molar-refractivity contribution is 5.86. The third-order valence-electron chi connectivity index (χ3n) is 3.66. The number of rotatable bonds is 4. The van der Waals surface area contributed by atoms with Crippen LogP contribution in [0.4, 0.5) is 0 Å². The number of nitrogens with zero attached hydrogens (tertiary/aromatic N) is 3. The second kappa shape index (κ2) is 5.57. The number of amides is 1. The molecule has 4 aromatic rings. The third-order valence-corrected chi connectivity index (χ3v) is 3.66. The first-order valence-electron chi connectivity index (χ1n) is 7.32. The van der Waals surface area contributed by atoms with Gasteiger partial charge in [-0.1, -0.05) is 23.4 Å². The van der Waals surface area contributed by atoms with E-state index in [-0.39, 0.29) is 12.3 Å². The SMILES string of the molecule is O=C(Cc1noc2ccccc12)NCc1cn2ccccc2n1. The standard InChI is InChI=1S/C17H14N4O2/c22-17(9-14-13-5-1-2-6-15(13)23-20-14)18-10-12-11-21-8-4-3-7-16(21)19-12/h1-8,11H,9-10H2,(H,18,22). The van der Waals surface area contributed by atoms with Gasteiger partial charge in [-0.25, -0.2) is 4.98 Å². The highest BCUT2D eigenvalue weighted by Crippen LogP contribution is 2.18. The Morgan fingerprint density at radius 2 is 2.04 bits per heavy atom. The fourth-order valence-electron chi connectivity index (χ4n) is 2.54. The second-order valence-electron chi connectivity index (χ2n) is 5.28. The highest BCUT2D eigenvalue weighted by atomic mass is 16.5. The molecule has 1 amide bonds. The van der Waals surface area contributed by atoms with Crippen molar-refractivity contribution in [3.63, 3.8) is 0 Å². The van der Waals surface area contributed by atoms with Crippen molar-refractivity contribution in [3.05, 3.63) is 66.2 Å². The number of para-hydroxylation sites is 1. The summed E-state index contributed by atoms with van der Waals surface area (Å²) < 4.78 is 7.13. The Morgan fingerprint density at radius 1 is 1.17 bits per heavy atom. The quantitative estimate of drug-likeness (QED) is 0.628. The van der Waals surface area contributed by atoms with Crippen LogP contribution in [0.3, 0.4) is 0 Å². The first kappa shape index (κ1) is 13.5. The predicted molar refractivity (Wildman–Crippen MR) is 84.8 cm³/mol. The van der Waals surface area contributed by atoms with Gasteiger partial charge in [-0.15, -0.1) is 0 Å². The predicted octanol–water partition coefficient (Wildman–Crippen LogP) is 2.33. The van der Waals surface area contributed by atoms with E-state index in [0.717, 1.165) is 16.7 Å². The molecule has 0 atom stereocenters. The zero-order valence-corrected chi connectivity index (χ0v) is 12.3. The number of aromatic nitrogens is 3. The number of hydrogen-bond acceptors (Lipinski definition) is 4. The normalized spacial score (nSPS) is 11.1. The smallest absolute Gasteiger partial charge is 0.226 e. The monoisotopic (exact) mass is 306 g/mol. The van der Waals surface area contributed by atoms with Crippen LogP contribution >= 0.6 is 0 Å². The van der Waals surface area contributed by atoms with Gasteiger partial charge in [-0.05, 0) is 24.3 Å². The van der Waals surface area contributed by atoms with Crippen molar-refractivity contribution in [2.24, 2.45) is 0 Å². The van der Waals surface area contributed by atoms with Crippen molar-refractivity contribution >= 4 is 22.5 Å². The summed E-state index contributed by atoms with van der Waals surface area (Å²) in [7, 11) is 0. The molecular weight excluding hydrogens is 292 g/mol. The zero-order chi connectivity index (χ0) is 15.6. The van der Waals surface area contributed by atoms with Gasteiger partial charge in [0.2, 0.25) is 5.91 Å². The largest absolute Gasteiger partial charge is 0.356 e. The van der Waals surface area contributed by atoms with E-state index < -0.39 is 0 Å². The first-order chi connectivity index (χ1) is 11.3. The molecule has 0 aliphatic heterocycles. The Labute approximate surface area is 131 Å². The molecule has 0 aliphatic carbocycles. The van der Waals surface area contributed by atoms with E-state index in [1.807, 2.05) is 59.3 Å². The molecule has 0 saturated carbocycles. The fourth-order valence-corrected chi connectivity index (χ4v) is 2.54. The van der Waals surface area contributed by atoms with E-state index in [4.69, 9.17) is 4.52 Å². The van der Waals surface area contributed by atoms with E-state index in [2.05, 4.69) is 15.5 Å². The Hall–Kier alpha value is -3.15. The van der Waals surface area contributed by atoms with E-state index >= 15 is 0 Å². The molecule has 114 valence electrons. The van der Waals surface area contributed by atoms with Crippen LogP contribution in [0, 0.1) is 0 Å². The molecule has 6 nitrogen and oxygen atoms in total. The van der Waals surface area contributed by atoms with Crippen LogP contribution in [0.5, 0.6) is 0 Å². The molecule has 23 heavy (non-hydrogen) atoms. The van der Waals surface area contributed by atoms with Crippen molar-refractivity contribution in [2.75, 3.05) is 0 Å². The first-order valence-corrected chi connectivity index (χ1v) is 7.32. The van der Waals surface area contributed by atoms with Gasteiger partial charge in [0.25, 0.3) is 0 Å². The lowest BCUT2D eigenvalue weighted by molar-refractivity contribution is -0.120. The lowest BCUT2D eigenvalue weighted by atomic mass is 10.1. The number of fused-ring (bicyclic) bond motifs is 2. The Morgan fingerprint density at radius 3 is 2.96 bits per heavy atom. The topological polar surface area (TPSA) is 72.4 Å². The average molecular weight is 306 g/mol. The fraction of sp³-hybridized carbons (Fsp3) is 0.118. The molecule has 6 heteroatoms. The van der Waals surface area contributed by atoms with Crippen molar-refractivity contribution in [3.8, 4) is 0 Å². The van der Waals surface area contributed by atoms with E-state index in [1.165, 1.54) is 0 Å². The van der Waals surface area contributed by atoms with Gasteiger partial charge in [0.05, 0.1) is 18.7 Å². The average Bonchev–Trinajstić information content (AvgIpc) is 3.17. The lowest BCUT2D eigenvalue weighted by Gasteiger charge is -2.01. The Kier molecular flexibility index (Phi) is 3.27. The summed E-state index contributed by atoms with van der Waals surface area (Å²) in [4.78, 5) is 16.6. The molecular formula is C17H14N4O2. The molecule has 1 N–H and O–H groups in total. The molecule has 1 aromatic carbocycles. The molecule has 0 aliphatic rings. The summed E-state index contributed by atoms with van der Waals surface area (Å²) in [6, 6.07) is 13.3. The van der Waals surface area contributed by atoms with Crippen molar-refractivity contribution in [2.45, 2.75) is 13.0 Å². The van der Waals surface area contributed by atoms with Gasteiger partial charge < -0.3 is 14.2 Å². The molecule has 3 aromatic heterocycles. The molecule has 3 heterocycles. The van der Waals surface area contributed by atoms with Gasteiger partial charge in [0.1, 0.15) is 11.3 Å². The van der Waals surface area contributed by atoms with E-state index in [0.29, 0.717) is 17.8 Å². The maximum Gasteiger partial charge on any atom is 0.226 e. The van der Waals surface area contributed by atoms with Crippen LogP contribution in [0.15, 0.2) is 59.4 Å². The number of carbonyl (C=O) groups is 1. The second-order valence-corrected chi connectivity index (χ2v) is 5.28. The molecule has 0 bridgehead atoms. The Balaban J connectivity index is 1.43. The molecule has 0 unspecified atom stereocenters. The minimum atomic E-state index is -0.110. The summed E-state index contributed by atoms with van der Waals surface area (Å²) in [5, 5.41) is 7.71. The number of benzene rings is 1. The van der Waals surface area contributed by atoms with Crippen molar-refractivity contribution in [1.82, 2.24) is 19.9 Å². The maximum absolute atomic E-state index is 12.1. The molecule has 4 rings (SSSR count). The van der Waals surface area contributed by atoms with Gasteiger partial charge in [0.15, 0.2) is 5.58 Å². The van der Waals surface area contributed by atoms with Crippen LogP contribution in [-0.2, 0) is 17.8 Å². The van der Waals surface area contributed by atoms with Crippen LogP contribution in [0.2, 0.25) is 0 Å². The maximum atomic E-state index is 12.1. The van der Waals surface area contributed by atoms with Gasteiger partial charge in [-0.3, -0.25) is 4.79 Å². The number of nitrogens with one attached hydrogen (secondary N) is 1. The molecule has 0 fully saturated rings. The van der Waals surface area contributed by atoms with Gasteiger partial charge in [0, 0.05) is 17.8 Å². The summed E-state index contributed by atoms with van der Waals surface area (Å²) in [6.07, 6.45) is 4.01. The molecule has 0 radical (unpaired) electrons. The van der Waals surface area contributed by atoms with E-state index in [1.54, 1.807) is 0 Å². The van der Waals surface area contributed by atoms with Crippen molar-refractivity contribution in [1.29, 1.82) is 0 Å². The lowest BCUT2D eigenvalue weighted by Crippen LogP contribution is -2.24. The number of hydrogen-bond donors (Lipinski definition) is 1. The van der Waals surface area contributed by atoms with E-state index in [9.17, 15) is 4.79 Å². The molecule has 0 saturated heterocycles. The van der Waals surface area contributed by atoms with Crippen LogP contribution < -0.4 is 5.32 Å². The zero-order valence-electron chi connectivity index (χ0n) is 12.3. The number of carbonyl (C=O) groups excluding carboxylic acids is 1. The summed E-state index contributed by atoms with van der Waals surface area (Å²) in [5.74, 6) is -0.110. The van der Waals surface area contributed by atoms with Crippen LogP contribution in [0.1, 0.15) is 11.4 Å². The minimum Gasteiger partial charge on any atom is -0.356 e. The summed E-state index contributed by atoms with van der Waals surface area (Å²) in [5.41, 5.74) is 3.01. The highest BCUT2D eigenvalue weighted by Gasteiger charge is 2.12. The summed E-state index contributed by atoms with van der Waals surface area (Å²) >= 11 is 0. The third kappa shape index (κ3) is 2.66. The number of imidazole rings is 1. The molecule has 0 spiro atoms. The van der Waals surface area contributed by atoms with Crippen molar-refractivity contribution < 1.29 is 9.32 Å².